The van der Waals surface area contributed by atoms with Crippen molar-refractivity contribution >= 4 is 16.9 Å². The predicted octanol–water partition coefficient (Wildman–Crippen LogP) is 2.15. The Bertz CT molecular complexity index is 868. The molecule has 3 aromatic heterocycles. The third-order valence-corrected chi connectivity index (χ3v) is 3.45. The van der Waals surface area contributed by atoms with E-state index in [9.17, 15) is 0 Å². The van der Waals surface area contributed by atoms with Crippen molar-refractivity contribution in [3.63, 3.8) is 0 Å². The topological polar surface area (TPSA) is 102 Å². The van der Waals surface area contributed by atoms with E-state index >= 15 is 0 Å². The molecule has 0 fully saturated rings. The summed E-state index contributed by atoms with van der Waals surface area (Å²) in [5, 5.41) is 17.1. The summed E-state index contributed by atoms with van der Waals surface area (Å²) in [5.74, 6) is 1.30. The molecule has 0 radical (unpaired) electrons. The number of nitrogens with zero attached hydrogens (tertiary/aromatic N) is 6. The van der Waals surface area contributed by atoms with Gasteiger partial charge in [0.15, 0.2) is 5.65 Å². The lowest BCUT2D eigenvalue weighted by Crippen LogP contribution is -2.06. The molecule has 0 spiro atoms. The van der Waals surface area contributed by atoms with Gasteiger partial charge in [-0.1, -0.05) is 6.07 Å². The van der Waals surface area contributed by atoms with E-state index in [0.29, 0.717) is 43.5 Å². The zero-order valence-electron chi connectivity index (χ0n) is 13.3. The van der Waals surface area contributed by atoms with Gasteiger partial charge in [-0.2, -0.15) is 10.4 Å². The van der Waals surface area contributed by atoms with Gasteiger partial charge in [0.2, 0.25) is 5.88 Å². The molecule has 0 atom stereocenters. The third kappa shape index (κ3) is 3.25. The molecule has 0 aromatic carbocycles. The average molecular weight is 323 g/mol. The van der Waals surface area contributed by atoms with E-state index in [4.69, 9.17) is 10.00 Å². The van der Waals surface area contributed by atoms with Crippen LogP contribution in [0.3, 0.4) is 0 Å². The number of fused-ring (bicyclic) bond motifs is 1. The Balaban J connectivity index is 1.81. The maximum atomic E-state index is 8.72. The van der Waals surface area contributed by atoms with Crippen molar-refractivity contribution in [2.24, 2.45) is 0 Å². The molecule has 0 aliphatic heterocycles. The summed E-state index contributed by atoms with van der Waals surface area (Å²) in [4.78, 5) is 12.8. The van der Waals surface area contributed by atoms with Gasteiger partial charge in [0.25, 0.3) is 0 Å². The smallest absolute Gasteiger partial charge is 0.218 e. The lowest BCUT2D eigenvalue weighted by Gasteiger charge is -2.10. The number of rotatable bonds is 7. The molecule has 0 saturated heterocycles. The Hall–Kier alpha value is -3.21. The van der Waals surface area contributed by atoms with Crippen molar-refractivity contribution < 1.29 is 4.74 Å². The number of anilines is 1. The van der Waals surface area contributed by atoms with Gasteiger partial charge >= 0.3 is 0 Å². The fourth-order valence-electron chi connectivity index (χ4n) is 2.36. The summed E-state index contributed by atoms with van der Waals surface area (Å²) in [6.45, 7) is 3.52. The first-order valence-corrected chi connectivity index (χ1v) is 7.67. The monoisotopic (exact) mass is 323 g/mol. The molecule has 0 unspecified atom stereocenters. The lowest BCUT2D eigenvalue weighted by molar-refractivity contribution is 0.323. The van der Waals surface area contributed by atoms with E-state index < -0.39 is 0 Å². The van der Waals surface area contributed by atoms with Crippen molar-refractivity contribution in [3.05, 3.63) is 36.4 Å². The van der Waals surface area contributed by atoms with Crippen LogP contribution in [-0.4, -0.2) is 31.3 Å². The van der Waals surface area contributed by atoms with Crippen LogP contribution in [0, 0.1) is 11.3 Å². The van der Waals surface area contributed by atoms with Gasteiger partial charge < -0.3 is 10.1 Å². The molecule has 3 aromatic rings. The molecule has 0 bridgehead atoms. The van der Waals surface area contributed by atoms with E-state index in [0.717, 1.165) is 10.9 Å². The summed E-state index contributed by atoms with van der Waals surface area (Å²) in [6, 6.07) is 5.94. The highest BCUT2D eigenvalue weighted by atomic mass is 16.5. The second-order valence-electron chi connectivity index (χ2n) is 4.99. The van der Waals surface area contributed by atoms with Gasteiger partial charge in [-0.15, -0.1) is 0 Å². The average Bonchev–Trinajstić information content (AvgIpc) is 3.03. The minimum Gasteiger partial charge on any atom is -0.478 e. The zero-order chi connectivity index (χ0) is 16.8. The van der Waals surface area contributed by atoms with Crippen LogP contribution in [0.2, 0.25) is 0 Å². The first kappa shape index (κ1) is 15.7. The third-order valence-electron chi connectivity index (χ3n) is 3.45. The molecule has 24 heavy (non-hydrogen) atoms. The number of hydrogen-bond acceptors (Lipinski definition) is 7. The summed E-state index contributed by atoms with van der Waals surface area (Å²) in [5.41, 5.74) is 1.65. The molecule has 3 heterocycles. The number of nitrogens with one attached hydrogen (secondary N) is 1. The zero-order valence-corrected chi connectivity index (χ0v) is 13.3. The molecule has 122 valence electrons. The van der Waals surface area contributed by atoms with Crippen LogP contribution in [0.4, 0.5) is 5.82 Å². The summed E-state index contributed by atoms with van der Waals surface area (Å²) < 4.78 is 7.24. The molecule has 3 rings (SSSR count). The van der Waals surface area contributed by atoms with Crippen molar-refractivity contribution in [2.75, 3.05) is 11.9 Å². The highest BCUT2D eigenvalue weighted by molar-refractivity contribution is 5.86. The highest BCUT2D eigenvalue weighted by Crippen LogP contribution is 2.21. The fraction of sp³-hybridized carbons (Fsp3) is 0.312. The van der Waals surface area contributed by atoms with Crippen LogP contribution in [0.1, 0.15) is 18.9 Å². The highest BCUT2D eigenvalue weighted by Gasteiger charge is 2.10. The van der Waals surface area contributed by atoms with Crippen LogP contribution in [0.25, 0.3) is 11.0 Å². The van der Waals surface area contributed by atoms with Gasteiger partial charge in [0, 0.05) is 18.3 Å². The van der Waals surface area contributed by atoms with Gasteiger partial charge in [0.05, 0.1) is 37.2 Å². The van der Waals surface area contributed by atoms with E-state index in [1.807, 2.05) is 19.1 Å². The number of nitriles is 1. The predicted molar refractivity (Wildman–Crippen MR) is 88.3 cm³/mol. The lowest BCUT2D eigenvalue weighted by atomic mass is 10.2. The minimum absolute atomic E-state index is 0.386. The number of aromatic nitrogens is 5. The molecule has 1 N–H and O–H groups in total. The Labute approximate surface area is 139 Å². The fourth-order valence-corrected chi connectivity index (χ4v) is 2.36. The van der Waals surface area contributed by atoms with Crippen molar-refractivity contribution in [1.29, 1.82) is 5.26 Å². The first-order chi connectivity index (χ1) is 11.8. The largest absolute Gasteiger partial charge is 0.478 e. The Kier molecular flexibility index (Phi) is 4.81. The number of pyridine rings is 1. The molecule has 8 heteroatoms. The second-order valence-corrected chi connectivity index (χ2v) is 4.99. The first-order valence-electron chi connectivity index (χ1n) is 7.67. The normalized spacial score (nSPS) is 10.5. The SMILES string of the molecule is CCOc1ncccc1CNc1ncnc2c1cnn2CCC#N. The Morgan fingerprint density at radius 3 is 3.08 bits per heavy atom. The molecular weight excluding hydrogens is 306 g/mol. The molecule has 8 nitrogen and oxygen atoms in total. The van der Waals surface area contributed by atoms with Crippen LogP contribution in [0.15, 0.2) is 30.9 Å². The van der Waals surface area contributed by atoms with E-state index in [-0.39, 0.29) is 0 Å². The molecule has 0 aliphatic carbocycles. The van der Waals surface area contributed by atoms with Gasteiger partial charge in [-0.25, -0.2) is 19.6 Å². The maximum absolute atomic E-state index is 8.72. The van der Waals surface area contributed by atoms with E-state index in [1.54, 1.807) is 17.1 Å². The van der Waals surface area contributed by atoms with Crippen LogP contribution in [-0.2, 0) is 13.1 Å². The summed E-state index contributed by atoms with van der Waals surface area (Å²) >= 11 is 0. The van der Waals surface area contributed by atoms with E-state index in [1.165, 1.54) is 6.33 Å². The number of aryl methyl sites for hydroxylation is 1. The molecular formula is C16H17N7O. The summed E-state index contributed by atoms with van der Waals surface area (Å²) in [7, 11) is 0. The second kappa shape index (κ2) is 7.37. The maximum Gasteiger partial charge on any atom is 0.218 e. The number of ether oxygens (including phenoxy) is 1. The molecule has 0 amide bonds. The Morgan fingerprint density at radius 1 is 1.33 bits per heavy atom. The van der Waals surface area contributed by atoms with Crippen LogP contribution < -0.4 is 10.1 Å². The standard InChI is InChI=1S/C16H17N7O/c1-2-24-16-12(5-3-7-18-16)9-19-14-13-10-22-23(8-4-6-17)15(13)21-11-20-14/h3,5,7,10-11H,2,4,8-9H2,1H3,(H,19,20,21). The van der Waals surface area contributed by atoms with E-state index in [2.05, 4.69) is 31.4 Å². The Morgan fingerprint density at radius 2 is 2.25 bits per heavy atom. The van der Waals surface area contributed by atoms with Gasteiger partial charge in [-0.3, -0.25) is 0 Å². The minimum atomic E-state index is 0.386. The van der Waals surface area contributed by atoms with Gasteiger partial charge in [-0.05, 0) is 13.0 Å². The van der Waals surface area contributed by atoms with Crippen LogP contribution in [0.5, 0.6) is 5.88 Å². The number of hydrogen-bond donors (Lipinski definition) is 1. The van der Waals surface area contributed by atoms with Crippen LogP contribution >= 0.6 is 0 Å². The molecule has 0 saturated carbocycles. The van der Waals surface area contributed by atoms with Crippen molar-refractivity contribution in [3.8, 4) is 11.9 Å². The quantitative estimate of drug-likeness (QED) is 0.710. The molecule has 0 aliphatic rings. The summed E-state index contributed by atoms with van der Waals surface area (Å²) in [6.07, 6.45) is 5.29. The van der Waals surface area contributed by atoms with Crippen molar-refractivity contribution in [2.45, 2.75) is 26.4 Å². The van der Waals surface area contributed by atoms with Crippen molar-refractivity contribution in [1.82, 2.24) is 24.7 Å². The van der Waals surface area contributed by atoms with Gasteiger partial charge in [0.1, 0.15) is 12.1 Å².